The number of hydrogen-bond acceptors (Lipinski definition) is 2. The number of H-pyrrole nitrogens is 1. The number of amides is 2. The molecule has 0 bridgehead atoms. The Kier molecular flexibility index (Phi) is 6.60. The van der Waals surface area contributed by atoms with E-state index in [4.69, 9.17) is 23.2 Å². The highest BCUT2D eigenvalue weighted by Gasteiger charge is 2.15. The summed E-state index contributed by atoms with van der Waals surface area (Å²) >= 11 is 12.1. The Morgan fingerprint density at radius 2 is 1.79 bits per heavy atom. The Bertz CT molecular complexity index is 980. The predicted molar refractivity (Wildman–Crippen MR) is 114 cm³/mol. The van der Waals surface area contributed by atoms with Gasteiger partial charge >= 0.3 is 0 Å². The average molecular weight is 418 g/mol. The summed E-state index contributed by atoms with van der Waals surface area (Å²) in [5.41, 5.74) is 2.64. The fraction of sp³-hybridized carbons (Fsp3) is 0.238. The van der Waals surface area contributed by atoms with Crippen molar-refractivity contribution < 1.29 is 9.59 Å². The molecule has 0 radical (unpaired) electrons. The molecule has 0 saturated carbocycles. The van der Waals surface area contributed by atoms with E-state index in [0.29, 0.717) is 28.6 Å². The number of aromatic nitrogens is 1. The van der Waals surface area contributed by atoms with Gasteiger partial charge in [-0.2, -0.15) is 0 Å². The monoisotopic (exact) mass is 417 g/mol. The minimum Gasteiger partial charge on any atom is -0.361 e. The lowest BCUT2D eigenvalue weighted by atomic mass is 10.1. The number of fused-ring (bicyclic) bond motifs is 1. The van der Waals surface area contributed by atoms with Crippen LogP contribution in [-0.4, -0.2) is 35.3 Å². The van der Waals surface area contributed by atoms with Gasteiger partial charge in [0.2, 0.25) is 11.8 Å². The van der Waals surface area contributed by atoms with Crippen molar-refractivity contribution in [3.8, 4) is 0 Å². The van der Waals surface area contributed by atoms with E-state index in [-0.39, 0.29) is 18.4 Å². The molecule has 5 nitrogen and oxygen atoms in total. The first-order chi connectivity index (χ1) is 13.5. The van der Waals surface area contributed by atoms with Crippen molar-refractivity contribution in [3.63, 3.8) is 0 Å². The lowest BCUT2D eigenvalue weighted by molar-refractivity contribution is -0.133. The van der Waals surface area contributed by atoms with Gasteiger partial charge in [-0.15, -0.1) is 0 Å². The van der Waals surface area contributed by atoms with Gasteiger partial charge in [0, 0.05) is 30.6 Å². The maximum absolute atomic E-state index is 12.3. The van der Waals surface area contributed by atoms with E-state index in [9.17, 15) is 9.59 Å². The quantitative estimate of drug-likeness (QED) is 0.574. The molecule has 0 unspecified atom stereocenters. The number of carbonyl (C=O) groups excluding carboxylic acids is 2. The summed E-state index contributed by atoms with van der Waals surface area (Å²) in [5.74, 6) is -0.428. The highest BCUT2D eigenvalue weighted by Crippen LogP contribution is 2.29. The van der Waals surface area contributed by atoms with Crippen LogP contribution in [0.5, 0.6) is 0 Å². The third kappa shape index (κ3) is 4.86. The molecule has 7 heteroatoms. The Balaban J connectivity index is 1.48. The predicted octanol–water partition coefficient (Wildman–Crippen LogP) is 4.89. The van der Waals surface area contributed by atoms with Crippen molar-refractivity contribution in [3.05, 3.63) is 64.3 Å². The molecule has 1 aromatic heterocycles. The Morgan fingerprint density at radius 1 is 1.07 bits per heavy atom. The van der Waals surface area contributed by atoms with Crippen molar-refractivity contribution in [1.82, 2.24) is 9.88 Å². The zero-order valence-corrected chi connectivity index (χ0v) is 17.0. The number of para-hydroxylation sites is 2. The summed E-state index contributed by atoms with van der Waals surface area (Å²) in [5, 5.41) is 4.55. The molecule has 3 aromatic rings. The van der Waals surface area contributed by atoms with Crippen LogP contribution in [0.25, 0.3) is 10.9 Å². The first-order valence-corrected chi connectivity index (χ1v) is 9.74. The molecular weight excluding hydrogens is 397 g/mol. The van der Waals surface area contributed by atoms with E-state index >= 15 is 0 Å². The summed E-state index contributed by atoms with van der Waals surface area (Å²) in [6, 6.07) is 13.1. The molecule has 146 valence electrons. The molecule has 0 aliphatic carbocycles. The van der Waals surface area contributed by atoms with Crippen LogP contribution in [-0.2, 0) is 16.0 Å². The zero-order chi connectivity index (χ0) is 20.1. The van der Waals surface area contributed by atoms with Gasteiger partial charge < -0.3 is 15.2 Å². The first-order valence-electron chi connectivity index (χ1n) is 8.98. The second-order valence-corrected chi connectivity index (χ2v) is 7.42. The van der Waals surface area contributed by atoms with Crippen LogP contribution in [0.15, 0.2) is 48.7 Å². The smallest absolute Gasteiger partial charge is 0.244 e. The Labute approximate surface area is 173 Å². The maximum Gasteiger partial charge on any atom is 0.244 e. The van der Waals surface area contributed by atoms with Gasteiger partial charge in [-0.25, -0.2) is 0 Å². The van der Waals surface area contributed by atoms with Gasteiger partial charge in [0.25, 0.3) is 0 Å². The number of aryl methyl sites for hydroxylation is 1. The van der Waals surface area contributed by atoms with Crippen LogP contribution in [0, 0.1) is 0 Å². The van der Waals surface area contributed by atoms with Crippen LogP contribution in [0.4, 0.5) is 5.69 Å². The standard InChI is InChI=1S/C21H21Cl2N3O2/c1-26(13-19(27)25-21-16(22)8-5-9-17(21)23)20(28)11-4-6-14-12-24-18-10-3-2-7-15(14)18/h2-3,5,7-10,12,24H,4,6,11,13H2,1H3,(H,25,27). The molecular formula is C21H21Cl2N3O2. The van der Waals surface area contributed by atoms with Crippen LogP contribution >= 0.6 is 23.2 Å². The van der Waals surface area contributed by atoms with Gasteiger partial charge in [0.1, 0.15) is 0 Å². The van der Waals surface area contributed by atoms with Gasteiger partial charge in [0.15, 0.2) is 0 Å². The van der Waals surface area contributed by atoms with E-state index in [0.717, 1.165) is 11.9 Å². The highest BCUT2D eigenvalue weighted by atomic mass is 35.5. The van der Waals surface area contributed by atoms with Crippen LogP contribution < -0.4 is 5.32 Å². The highest BCUT2D eigenvalue weighted by molar-refractivity contribution is 6.39. The number of anilines is 1. The summed E-state index contributed by atoms with van der Waals surface area (Å²) < 4.78 is 0. The minimum absolute atomic E-state index is 0.0620. The molecule has 2 aromatic carbocycles. The molecule has 2 N–H and O–H groups in total. The molecule has 0 spiro atoms. The molecule has 1 heterocycles. The summed E-state index contributed by atoms with van der Waals surface area (Å²) in [6.45, 7) is -0.0620. The normalized spacial score (nSPS) is 10.8. The van der Waals surface area contributed by atoms with Crippen molar-refractivity contribution in [2.24, 2.45) is 0 Å². The topological polar surface area (TPSA) is 65.2 Å². The van der Waals surface area contributed by atoms with Gasteiger partial charge in [-0.05, 0) is 36.6 Å². The second kappa shape index (κ2) is 9.13. The van der Waals surface area contributed by atoms with E-state index in [1.807, 2.05) is 24.4 Å². The van der Waals surface area contributed by atoms with E-state index in [1.165, 1.54) is 15.8 Å². The summed E-state index contributed by atoms with van der Waals surface area (Å²) in [7, 11) is 1.61. The van der Waals surface area contributed by atoms with Gasteiger partial charge in [-0.1, -0.05) is 47.5 Å². The molecule has 28 heavy (non-hydrogen) atoms. The fourth-order valence-corrected chi connectivity index (χ4v) is 3.55. The molecule has 0 fully saturated rings. The molecule has 0 atom stereocenters. The van der Waals surface area contributed by atoms with Gasteiger partial charge in [0.05, 0.1) is 22.3 Å². The number of halogens is 2. The molecule has 0 aliphatic rings. The van der Waals surface area contributed by atoms with E-state index < -0.39 is 0 Å². The van der Waals surface area contributed by atoms with Crippen molar-refractivity contribution in [1.29, 1.82) is 0 Å². The SMILES string of the molecule is CN(CC(=O)Nc1c(Cl)cccc1Cl)C(=O)CCCc1c[nH]c2ccccc12. The maximum atomic E-state index is 12.3. The number of hydrogen-bond donors (Lipinski definition) is 2. The third-order valence-corrected chi connectivity index (χ3v) is 5.18. The second-order valence-electron chi connectivity index (χ2n) is 6.61. The summed E-state index contributed by atoms with van der Waals surface area (Å²) in [4.78, 5) is 29.2. The van der Waals surface area contributed by atoms with Crippen molar-refractivity contribution in [2.75, 3.05) is 18.9 Å². The zero-order valence-electron chi connectivity index (χ0n) is 15.5. The Hall–Kier alpha value is -2.50. The fourth-order valence-electron chi connectivity index (χ4n) is 3.06. The van der Waals surface area contributed by atoms with E-state index in [1.54, 1.807) is 25.2 Å². The number of aromatic amines is 1. The van der Waals surface area contributed by atoms with Crippen LogP contribution in [0.2, 0.25) is 10.0 Å². The number of nitrogens with zero attached hydrogens (tertiary/aromatic N) is 1. The van der Waals surface area contributed by atoms with Crippen molar-refractivity contribution in [2.45, 2.75) is 19.3 Å². The lowest BCUT2D eigenvalue weighted by Crippen LogP contribution is -2.34. The number of benzene rings is 2. The molecule has 0 aliphatic heterocycles. The Morgan fingerprint density at radius 3 is 2.54 bits per heavy atom. The van der Waals surface area contributed by atoms with E-state index in [2.05, 4.69) is 16.4 Å². The first kappa shape index (κ1) is 20.2. The number of likely N-dealkylation sites (N-methyl/N-ethyl adjacent to an activating group) is 1. The molecule has 2 amide bonds. The van der Waals surface area contributed by atoms with Crippen LogP contribution in [0.1, 0.15) is 18.4 Å². The van der Waals surface area contributed by atoms with Crippen molar-refractivity contribution >= 4 is 51.6 Å². The lowest BCUT2D eigenvalue weighted by Gasteiger charge is -2.17. The number of carbonyl (C=O) groups is 2. The minimum atomic E-state index is -0.345. The average Bonchev–Trinajstić information content (AvgIpc) is 3.08. The number of nitrogens with one attached hydrogen (secondary N) is 2. The number of rotatable bonds is 7. The molecule has 3 rings (SSSR count). The molecule has 0 saturated heterocycles. The van der Waals surface area contributed by atoms with Crippen LogP contribution in [0.3, 0.4) is 0 Å². The summed E-state index contributed by atoms with van der Waals surface area (Å²) in [6.07, 6.45) is 3.86. The largest absolute Gasteiger partial charge is 0.361 e. The third-order valence-electron chi connectivity index (χ3n) is 4.55. The van der Waals surface area contributed by atoms with Gasteiger partial charge in [-0.3, -0.25) is 9.59 Å².